The van der Waals surface area contributed by atoms with Gasteiger partial charge in [-0.1, -0.05) is 58.4 Å². The molecule has 0 aliphatic carbocycles. The van der Waals surface area contributed by atoms with E-state index in [0.29, 0.717) is 0 Å². The number of fused-ring (bicyclic) bond motifs is 1. The monoisotopic (exact) mass is 217 g/mol. The average Bonchev–Trinajstić information content (AvgIpc) is 2.32. The maximum Gasteiger partial charge on any atom is 0.0379 e. The van der Waals surface area contributed by atoms with Crippen LogP contribution < -0.4 is 0 Å². The normalized spacial score (nSPS) is 8.56. The molecule has 0 saturated carbocycles. The lowest BCUT2D eigenvalue weighted by Crippen LogP contribution is -1.79. The Labute approximate surface area is 99.5 Å². The van der Waals surface area contributed by atoms with Crippen LogP contribution in [-0.2, 0) is 0 Å². The minimum atomic E-state index is 1.07. The Bertz CT molecular complexity index is 393. The summed E-state index contributed by atoms with van der Waals surface area (Å²) in [4.78, 5) is 4.21. The molecule has 0 unspecified atom stereocenters. The molecule has 0 aliphatic heterocycles. The Morgan fingerprint density at radius 2 is 1.50 bits per heavy atom. The van der Waals surface area contributed by atoms with Crippen molar-refractivity contribution >= 4 is 10.8 Å². The molecule has 1 heterocycles. The Kier molecular flexibility index (Phi) is 8.14. The first kappa shape index (κ1) is 14.6. The van der Waals surface area contributed by atoms with Crippen LogP contribution in [0.3, 0.4) is 0 Å². The number of pyridine rings is 1. The third-order valence-electron chi connectivity index (χ3n) is 1.77. The molecule has 0 N–H and O–H groups in total. The number of hydrogen-bond donors (Lipinski definition) is 0. The van der Waals surface area contributed by atoms with Gasteiger partial charge in [-0.25, -0.2) is 0 Å². The maximum absolute atomic E-state index is 4.21. The fourth-order valence-corrected chi connectivity index (χ4v) is 1.19. The van der Waals surface area contributed by atoms with Gasteiger partial charge in [-0.05, 0) is 18.4 Å². The van der Waals surface area contributed by atoms with Crippen LogP contribution in [-0.4, -0.2) is 4.98 Å². The number of nitrogens with zero attached hydrogens (tertiary/aromatic N) is 1. The Morgan fingerprint density at radius 3 is 2.06 bits per heavy atom. The van der Waals surface area contributed by atoms with Crippen LogP contribution >= 0.6 is 0 Å². The highest BCUT2D eigenvalue weighted by Crippen LogP contribution is 2.12. The van der Waals surface area contributed by atoms with Gasteiger partial charge in [0.2, 0.25) is 0 Å². The van der Waals surface area contributed by atoms with E-state index in [1.54, 1.807) is 0 Å². The molecule has 1 aromatic heterocycles. The molecule has 1 heteroatoms. The van der Waals surface area contributed by atoms with Gasteiger partial charge in [0.25, 0.3) is 0 Å². The highest BCUT2D eigenvalue weighted by molar-refractivity contribution is 5.81. The molecule has 0 spiro atoms. The van der Waals surface area contributed by atoms with Crippen molar-refractivity contribution in [2.24, 2.45) is 0 Å². The summed E-state index contributed by atoms with van der Waals surface area (Å²) < 4.78 is 0. The molecule has 2 rings (SSSR count). The molecular weight excluding hydrogens is 194 g/mol. The van der Waals surface area contributed by atoms with E-state index >= 15 is 0 Å². The Morgan fingerprint density at radius 1 is 1.00 bits per heavy atom. The van der Waals surface area contributed by atoms with Crippen molar-refractivity contribution in [2.45, 2.75) is 41.0 Å². The third kappa shape index (κ3) is 4.92. The average molecular weight is 217 g/mol. The van der Waals surface area contributed by atoms with E-state index in [1.165, 1.54) is 17.2 Å². The van der Waals surface area contributed by atoms with Crippen molar-refractivity contribution in [3.8, 4) is 0 Å². The minimum Gasteiger partial charge on any atom is -0.261 e. The van der Waals surface area contributed by atoms with Gasteiger partial charge in [-0.2, -0.15) is 0 Å². The first-order valence-electron chi connectivity index (χ1n) is 6.09. The van der Waals surface area contributed by atoms with Crippen LogP contribution in [0.2, 0.25) is 0 Å². The molecular formula is C15H23N. The van der Waals surface area contributed by atoms with Crippen molar-refractivity contribution in [2.75, 3.05) is 0 Å². The van der Waals surface area contributed by atoms with Crippen molar-refractivity contribution in [3.05, 3.63) is 42.2 Å². The SMILES string of the molecule is CC.CCC.Cc1cc2ccccc2cn1. The van der Waals surface area contributed by atoms with E-state index in [9.17, 15) is 0 Å². The van der Waals surface area contributed by atoms with Crippen LogP contribution in [0.25, 0.3) is 10.8 Å². The van der Waals surface area contributed by atoms with Crippen LogP contribution in [0.1, 0.15) is 39.8 Å². The summed E-state index contributed by atoms with van der Waals surface area (Å²) in [7, 11) is 0. The second kappa shape index (κ2) is 8.90. The zero-order valence-corrected chi connectivity index (χ0v) is 11.1. The summed E-state index contributed by atoms with van der Waals surface area (Å²) in [6, 6.07) is 10.3. The van der Waals surface area contributed by atoms with Crippen LogP contribution in [0.5, 0.6) is 0 Å². The van der Waals surface area contributed by atoms with Gasteiger partial charge in [0.1, 0.15) is 0 Å². The lowest BCUT2D eigenvalue weighted by molar-refractivity contribution is 1.09. The molecule has 0 amide bonds. The molecule has 1 nitrogen and oxygen atoms in total. The molecule has 0 atom stereocenters. The number of rotatable bonds is 0. The topological polar surface area (TPSA) is 12.9 Å². The zero-order valence-electron chi connectivity index (χ0n) is 11.1. The molecule has 88 valence electrons. The largest absolute Gasteiger partial charge is 0.261 e. The summed E-state index contributed by atoms with van der Waals surface area (Å²) in [6.07, 6.45) is 3.16. The first-order chi connectivity index (χ1) is 7.77. The summed E-state index contributed by atoms with van der Waals surface area (Å²) in [5.74, 6) is 0. The summed E-state index contributed by atoms with van der Waals surface area (Å²) >= 11 is 0. The molecule has 0 bridgehead atoms. The van der Waals surface area contributed by atoms with Gasteiger partial charge < -0.3 is 0 Å². The highest BCUT2D eigenvalue weighted by Gasteiger charge is 1.90. The van der Waals surface area contributed by atoms with Gasteiger partial charge in [0.15, 0.2) is 0 Å². The number of hydrogen-bond acceptors (Lipinski definition) is 1. The van der Waals surface area contributed by atoms with Gasteiger partial charge in [0, 0.05) is 17.3 Å². The Hall–Kier alpha value is -1.37. The highest BCUT2D eigenvalue weighted by atomic mass is 14.6. The smallest absolute Gasteiger partial charge is 0.0379 e. The Balaban J connectivity index is 0.000000394. The molecule has 16 heavy (non-hydrogen) atoms. The number of benzene rings is 1. The van der Waals surface area contributed by atoms with Crippen LogP contribution in [0.4, 0.5) is 0 Å². The van der Waals surface area contributed by atoms with E-state index in [4.69, 9.17) is 0 Å². The fourth-order valence-electron chi connectivity index (χ4n) is 1.19. The molecule has 0 saturated heterocycles. The van der Waals surface area contributed by atoms with Gasteiger partial charge >= 0.3 is 0 Å². The van der Waals surface area contributed by atoms with Crippen LogP contribution in [0, 0.1) is 6.92 Å². The second-order valence-corrected chi connectivity index (χ2v) is 3.38. The quantitative estimate of drug-likeness (QED) is 0.606. The van der Waals surface area contributed by atoms with Crippen molar-refractivity contribution in [3.63, 3.8) is 0 Å². The van der Waals surface area contributed by atoms with Crippen LogP contribution in [0.15, 0.2) is 36.5 Å². The molecule has 0 aliphatic rings. The first-order valence-corrected chi connectivity index (χ1v) is 6.09. The maximum atomic E-state index is 4.21. The van der Waals surface area contributed by atoms with E-state index < -0.39 is 0 Å². The van der Waals surface area contributed by atoms with E-state index in [0.717, 1.165) is 5.69 Å². The predicted molar refractivity (Wildman–Crippen MR) is 73.8 cm³/mol. The lowest BCUT2D eigenvalue weighted by atomic mass is 10.1. The summed E-state index contributed by atoms with van der Waals surface area (Å²) in [5, 5.41) is 2.47. The van der Waals surface area contributed by atoms with E-state index in [2.05, 4.69) is 37.0 Å². The van der Waals surface area contributed by atoms with Gasteiger partial charge in [0.05, 0.1) is 0 Å². The standard InChI is InChI=1S/C10H9N.C3H8.C2H6/c1-8-6-9-4-2-3-5-10(9)7-11-8;1-3-2;1-2/h2-7H,1H3;3H2,1-2H3;1-2H3. The van der Waals surface area contributed by atoms with Crippen molar-refractivity contribution < 1.29 is 0 Å². The molecule has 0 fully saturated rings. The molecule has 1 aromatic carbocycles. The lowest BCUT2D eigenvalue weighted by Gasteiger charge is -1.96. The third-order valence-corrected chi connectivity index (χ3v) is 1.77. The summed E-state index contributed by atoms with van der Waals surface area (Å²) in [5.41, 5.74) is 1.07. The number of aromatic nitrogens is 1. The summed E-state index contributed by atoms with van der Waals surface area (Å²) in [6.45, 7) is 10.3. The minimum absolute atomic E-state index is 1.07. The van der Waals surface area contributed by atoms with E-state index in [1.807, 2.05) is 39.1 Å². The fraction of sp³-hybridized carbons (Fsp3) is 0.400. The van der Waals surface area contributed by atoms with Gasteiger partial charge in [-0.15, -0.1) is 0 Å². The zero-order chi connectivity index (χ0) is 12.4. The van der Waals surface area contributed by atoms with Crippen molar-refractivity contribution in [1.29, 1.82) is 0 Å². The molecule has 2 aromatic rings. The predicted octanol–water partition coefficient (Wildman–Crippen LogP) is 4.99. The van der Waals surface area contributed by atoms with E-state index in [-0.39, 0.29) is 0 Å². The van der Waals surface area contributed by atoms with Crippen molar-refractivity contribution in [1.82, 2.24) is 4.98 Å². The second-order valence-electron chi connectivity index (χ2n) is 3.38. The number of aryl methyl sites for hydroxylation is 1. The van der Waals surface area contributed by atoms with Gasteiger partial charge in [-0.3, -0.25) is 4.98 Å². The molecule has 0 radical (unpaired) electrons.